The molecular weight excluding hydrogens is 542 g/mol. The van der Waals surface area contributed by atoms with Crippen LogP contribution < -0.4 is 5.32 Å². The topological polar surface area (TPSA) is 110 Å². The maximum absolute atomic E-state index is 13.6. The van der Waals surface area contributed by atoms with Gasteiger partial charge in [0.2, 0.25) is 0 Å². The Morgan fingerprint density at radius 1 is 1.15 bits per heavy atom. The van der Waals surface area contributed by atoms with Crippen molar-refractivity contribution >= 4 is 51.6 Å². The Kier molecular flexibility index (Phi) is 8.09. The zero-order valence-corrected chi connectivity index (χ0v) is 24.1. The predicted molar refractivity (Wildman–Crippen MR) is 160 cm³/mol. The summed E-state index contributed by atoms with van der Waals surface area (Å²) in [5.74, 6) is 0.308. The van der Waals surface area contributed by atoms with Crippen molar-refractivity contribution in [1.29, 1.82) is 0 Å². The van der Waals surface area contributed by atoms with Crippen LogP contribution in [0.25, 0.3) is 0 Å². The summed E-state index contributed by atoms with van der Waals surface area (Å²) in [4.78, 5) is 40.0. The molecule has 8 nitrogen and oxygen atoms in total. The minimum Gasteiger partial charge on any atom is -0.322 e. The van der Waals surface area contributed by atoms with E-state index in [1.807, 2.05) is 30.3 Å². The van der Waals surface area contributed by atoms with Crippen molar-refractivity contribution in [2.45, 2.75) is 50.1 Å². The number of para-hydroxylation sites is 1. The number of nitro groups is 1. The molecule has 1 atom stereocenters. The summed E-state index contributed by atoms with van der Waals surface area (Å²) in [6.07, 6.45) is 7.61. The molecule has 0 spiro atoms. The number of nitrogens with zero attached hydrogens (tertiary/aromatic N) is 4. The standard InChI is InChI=1S/C30H29N5O3S2/c1-30(2,3)20-10-12-23-25(17-20)39-28(26(23)27(36)34-21-8-5-4-6-9-21)33-18-19-16-22(35(37)38)11-13-24(19)40-29-31-14-7-15-32-29/h4-9,11,13-16,18,20H,10,12,17H2,1-3H3,(H,34,36)/t20-/m1/s1. The third-order valence-corrected chi connectivity index (χ3v) is 9.15. The van der Waals surface area contributed by atoms with E-state index in [4.69, 9.17) is 4.99 Å². The molecule has 1 amide bonds. The predicted octanol–water partition coefficient (Wildman–Crippen LogP) is 7.75. The van der Waals surface area contributed by atoms with E-state index in [2.05, 4.69) is 36.1 Å². The maximum atomic E-state index is 13.6. The molecular formula is C30H29N5O3S2. The summed E-state index contributed by atoms with van der Waals surface area (Å²) in [6.45, 7) is 6.78. The number of amides is 1. The number of rotatable bonds is 7. The third-order valence-electron chi connectivity index (χ3n) is 7.00. The van der Waals surface area contributed by atoms with Gasteiger partial charge >= 0.3 is 0 Å². The van der Waals surface area contributed by atoms with Gasteiger partial charge in [0.15, 0.2) is 5.16 Å². The molecule has 0 saturated heterocycles. The molecule has 2 heterocycles. The molecule has 1 N–H and O–H groups in total. The molecule has 2 aromatic carbocycles. The summed E-state index contributed by atoms with van der Waals surface area (Å²) in [5, 5.41) is 15.7. The lowest BCUT2D eigenvalue weighted by molar-refractivity contribution is -0.384. The van der Waals surface area contributed by atoms with Crippen LogP contribution in [-0.2, 0) is 12.8 Å². The van der Waals surface area contributed by atoms with Gasteiger partial charge in [0.1, 0.15) is 5.00 Å². The van der Waals surface area contributed by atoms with Gasteiger partial charge in [0.25, 0.3) is 11.6 Å². The van der Waals surface area contributed by atoms with Crippen molar-refractivity contribution in [2.75, 3.05) is 5.32 Å². The first-order chi connectivity index (χ1) is 19.2. The molecule has 0 bridgehead atoms. The van der Waals surface area contributed by atoms with E-state index in [0.717, 1.165) is 29.7 Å². The van der Waals surface area contributed by atoms with Crippen LogP contribution in [0.15, 0.2) is 82.0 Å². The lowest BCUT2D eigenvalue weighted by atomic mass is 9.72. The lowest BCUT2D eigenvalue weighted by Gasteiger charge is -2.33. The van der Waals surface area contributed by atoms with Gasteiger partial charge in [-0.1, -0.05) is 39.0 Å². The van der Waals surface area contributed by atoms with Crippen molar-refractivity contribution in [3.05, 3.63) is 98.7 Å². The largest absolute Gasteiger partial charge is 0.322 e. The van der Waals surface area contributed by atoms with E-state index < -0.39 is 4.92 Å². The number of carbonyl (C=O) groups is 1. The van der Waals surface area contributed by atoms with Crippen LogP contribution in [0.5, 0.6) is 0 Å². The van der Waals surface area contributed by atoms with Gasteiger partial charge in [0, 0.05) is 51.8 Å². The Hall–Kier alpha value is -3.89. The summed E-state index contributed by atoms with van der Waals surface area (Å²) >= 11 is 2.84. The molecule has 0 aliphatic heterocycles. The van der Waals surface area contributed by atoms with Crippen molar-refractivity contribution in [1.82, 2.24) is 9.97 Å². The summed E-state index contributed by atoms with van der Waals surface area (Å²) in [5.41, 5.74) is 3.02. The highest BCUT2D eigenvalue weighted by atomic mass is 32.2. The Morgan fingerprint density at radius 2 is 1.90 bits per heavy atom. The van der Waals surface area contributed by atoms with Crippen molar-refractivity contribution in [3.63, 3.8) is 0 Å². The number of aliphatic imine (C=N–C) groups is 1. The number of benzene rings is 2. The minimum absolute atomic E-state index is 0.0414. The molecule has 5 rings (SSSR count). The number of hydrogen-bond acceptors (Lipinski definition) is 8. The zero-order chi connectivity index (χ0) is 28.3. The molecule has 1 aliphatic carbocycles. The number of fused-ring (bicyclic) bond motifs is 1. The van der Waals surface area contributed by atoms with Crippen molar-refractivity contribution < 1.29 is 9.72 Å². The Morgan fingerprint density at radius 3 is 2.60 bits per heavy atom. The first kappa shape index (κ1) is 27.7. The van der Waals surface area contributed by atoms with Gasteiger partial charge in [-0.3, -0.25) is 14.9 Å². The summed E-state index contributed by atoms with van der Waals surface area (Å²) < 4.78 is 0. The summed E-state index contributed by atoms with van der Waals surface area (Å²) in [6, 6.07) is 15.7. The van der Waals surface area contributed by atoms with Crippen LogP contribution in [0, 0.1) is 21.4 Å². The van der Waals surface area contributed by atoms with E-state index >= 15 is 0 Å². The number of non-ortho nitro benzene ring substituents is 1. The Bertz CT molecular complexity index is 1560. The smallest absolute Gasteiger partial charge is 0.270 e. The van der Waals surface area contributed by atoms with Gasteiger partial charge < -0.3 is 5.32 Å². The quantitative estimate of drug-likeness (QED) is 0.105. The van der Waals surface area contributed by atoms with E-state index in [1.165, 1.54) is 40.1 Å². The molecule has 4 aromatic rings. The zero-order valence-electron chi connectivity index (χ0n) is 22.5. The van der Waals surface area contributed by atoms with Crippen LogP contribution in [0.2, 0.25) is 0 Å². The second kappa shape index (κ2) is 11.7. The summed E-state index contributed by atoms with van der Waals surface area (Å²) in [7, 11) is 0. The highest BCUT2D eigenvalue weighted by Crippen LogP contribution is 2.45. The fraction of sp³-hybridized carbons (Fsp3) is 0.267. The number of nitrogens with one attached hydrogen (secondary N) is 1. The first-order valence-corrected chi connectivity index (χ1v) is 14.6. The van der Waals surface area contributed by atoms with Crippen molar-refractivity contribution in [2.24, 2.45) is 16.3 Å². The van der Waals surface area contributed by atoms with Crippen LogP contribution >= 0.6 is 23.1 Å². The van der Waals surface area contributed by atoms with Crippen LogP contribution in [0.4, 0.5) is 16.4 Å². The normalized spacial score (nSPS) is 15.1. The number of anilines is 1. The van der Waals surface area contributed by atoms with Gasteiger partial charge in [-0.25, -0.2) is 15.0 Å². The molecule has 0 fully saturated rings. The lowest BCUT2D eigenvalue weighted by Crippen LogP contribution is -2.27. The van der Waals surface area contributed by atoms with Crippen LogP contribution in [-0.4, -0.2) is 27.0 Å². The SMILES string of the molecule is CC(C)(C)[C@@H]1CCc2c(sc(N=Cc3cc([N+](=O)[O-])ccc3Sc3ncccn3)c2C(=O)Nc2ccccc2)C1. The van der Waals surface area contributed by atoms with Crippen LogP contribution in [0.3, 0.4) is 0 Å². The van der Waals surface area contributed by atoms with Gasteiger partial charge in [-0.05, 0) is 72.2 Å². The Labute approximate surface area is 241 Å². The number of carbonyl (C=O) groups excluding carboxylic acids is 1. The molecule has 2 aromatic heterocycles. The number of aromatic nitrogens is 2. The molecule has 0 unspecified atom stereocenters. The second-order valence-corrected chi connectivity index (χ2v) is 12.8. The van der Waals surface area contributed by atoms with Gasteiger partial charge in [-0.15, -0.1) is 11.3 Å². The average Bonchev–Trinajstić information content (AvgIpc) is 3.31. The molecule has 10 heteroatoms. The molecule has 1 aliphatic rings. The molecule has 0 radical (unpaired) electrons. The van der Waals surface area contributed by atoms with E-state index in [0.29, 0.717) is 32.9 Å². The highest BCUT2D eigenvalue weighted by molar-refractivity contribution is 7.99. The van der Waals surface area contributed by atoms with E-state index in [-0.39, 0.29) is 17.0 Å². The first-order valence-electron chi connectivity index (χ1n) is 13.0. The maximum Gasteiger partial charge on any atom is 0.270 e. The Balaban J connectivity index is 1.54. The number of thiophene rings is 1. The van der Waals surface area contributed by atoms with Gasteiger partial charge in [-0.2, -0.15) is 0 Å². The fourth-order valence-electron chi connectivity index (χ4n) is 4.76. The van der Waals surface area contributed by atoms with Gasteiger partial charge in [0.05, 0.1) is 10.5 Å². The molecule has 40 heavy (non-hydrogen) atoms. The van der Waals surface area contributed by atoms with Crippen molar-refractivity contribution in [3.8, 4) is 0 Å². The van der Waals surface area contributed by atoms with E-state index in [9.17, 15) is 14.9 Å². The average molecular weight is 572 g/mol. The molecule has 204 valence electrons. The number of nitro benzene ring substituents is 1. The third kappa shape index (κ3) is 6.29. The minimum atomic E-state index is -0.431. The highest BCUT2D eigenvalue weighted by Gasteiger charge is 2.33. The monoisotopic (exact) mass is 571 g/mol. The van der Waals surface area contributed by atoms with Crippen LogP contribution in [0.1, 0.15) is 53.6 Å². The number of hydrogen-bond donors (Lipinski definition) is 1. The fourth-order valence-corrected chi connectivity index (χ4v) is 6.82. The van der Waals surface area contributed by atoms with E-state index in [1.54, 1.807) is 30.7 Å². The molecule has 0 saturated carbocycles. The second-order valence-electron chi connectivity index (χ2n) is 10.7.